The molecule has 2 heterocycles. The molecule has 0 spiro atoms. The van der Waals surface area contributed by atoms with Gasteiger partial charge in [-0.2, -0.15) is 0 Å². The van der Waals surface area contributed by atoms with Gasteiger partial charge in [0.1, 0.15) is 0 Å². The number of benzene rings is 1. The molecule has 1 aromatic carbocycles. The van der Waals surface area contributed by atoms with Gasteiger partial charge in [0.05, 0.1) is 0 Å². The number of amides is 1. The maximum absolute atomic E-state index is 11.3. The number of fused-ring (bicyclic) bond motifs is 1. The van der Waals surface area contributed by atoms with Crippen molar-refractivity contribution < 1.29 is 14.7 Å². The molecular formula is C17H24N2O3. The van der Waals surface area contributed by atoms with E-state index in [1.54, 1.807) is 0 Å². The molecule has 1 amide bonds. The van der Waals surface area contributed by atoms with E-state index in [4.69, 9.17) is 9.90 Å². The normalized spacial score (nSPS) is 23.5. The lowest BCUT2D eigenvalue weighted by Crippen LogP contribution is -2.32. The maximum atomic E-state index is 11.3. The van der Waals surface area contributed by atoms with Crippen LogP contribution in [0.15, 0.2) is 18.2 Å². The van der Waals surface area contributed by atoms with E-state index in [2.05, 4.69) is 42.3 Å². The molecular weight excluding hydrogens is 280 g/mol. The highest BCUT2D eigenvalue weighted by Gasteiger charge is 2.39. The third kappa shape index (κ3) is 4.56. The fraction of sp³-hybridized carbons (Fsp3) is 0.529. The number of rotatable bonds is 2. The molecule has 2 aliphatic rings. The van der Waals surface area contributed by atoms with E-state index in [0.717, 1.165) is 26.6 Å². The van der Waals surface area contributed by atoms with Gasteiger partial charge in [0.15, 0.2) is 0 Å². The van der Waals surface area contributed by atoms with Gasteiger partial charge in [-0.05, 0) is 19.4 Å². The average molecular weight is 304 g/mol. The van der Waals surface area contributed by atoms with Crippen LogP contribution in [0.3, 0.4) is 0 Å². The highest BCUT2D eigenvalue weighted by molar-refractivity contribution is 5.79. The minimum atomic E-state index is -0.833. The van der Waals surface area contributed by atoms with Crippen LogP contribution in [0.1, 0.15) is 30.0 Å². The highest BCUT2D eigenvalue weighted by atomic mass is 16.4. The van der Waals surface area contributed by atoms with Gasteiger partial charge in [0.2, 0.25) is 5.91 Å². The van der Waals surface area contributed by atoms with Gasteiger partial charge >= 0.3 is 0 Å². The first-order valence-electron chi connectivity index (χ1n) is 7.62. The van der Waals surface area contributed by atoms with Crippen LogP contribution in [0.5, 0.6) is 0 Å². The number of nitrogens with zero attached hydrogens (tertiary/aromatic N) is 1. The Labute approximate surface area is 131 Å². The molecule has 2 atom stereocenters. The van der Waals surface area contributed by atoms with E-state index in [1.165, 1.54) is 16.7 Å². The summed E-state index contributed by atoms with van der Waals surface area (Å²) >= 11 is 0. The predicted octanol–water partition coefficient (Wildman–Crippen LogP) is 1.71. The quantitative estimate of drug-likeness (QED) is 0.873. The van der Waals surface area contributed by atoms with E-state index in [0.29, 0.717) is 18.4 Å². The molecule has 0 aromatic heterocycles. The molecule has 2 fully saturated rings. The van der Waals surface area contributed by atoms with E-state index >= 15 is 0 Å². The lowest BCUT2D eigenvalue weighted by Gasteiger charge is -2.17. The van der Waals surface area contributed by atoms with Gasteiger partial charge in [-0.1, -0.05) is 29.3 Å². The van der Waals surface area contributed by atoms with E-state index < -0.39 is 5.97 Å². The van der Waals surface area contributed by atoms with Crippen LogP contribution in [0.2, 0.25) is 0 Å². The molecule has 3 rings (SSSR count). The summed E-state index contributed by atoms with van der Waals surface area (Å²) in [6, 6.07) is 7.13. The number of nitrogens with one attached hydrogen (secondary N) is 1. The summed E-state index contributed by atoms with van der Waals surface area (Å²) < 4.78 is 0. The number of hydrogen-bond donors (Lipinski definition) is 2. The van der Waals surface area contributed by atoms with Gasteiger partial charge in [-0.15, -0.1) is 0 Å². The third-order valence-electron chi connectivity index (χ3n) is 4.00. The molecule has 22 heavy (non-hydrogen) atoms. The Morgan fingerprint density at radius 3 is 2.41 bits per heavy atom. The Balaban J connectivity index is 0.000000396. The van der Waals surface area contributed by atoms with E-state index in [-0.39, 0.29) is 5.91 Å². The number of carbonyl (C=O) groups is 2. The largest absolute Gasteiger partial charge is 0.481 e. The van der Waals surface area contributed by atoms with Gasteiger partial charge in [-0.3, -0.25) is 14.5 Å². The number of carboxylic acid groups (broad SMARTS) is 1. The molecule has 0 aliphatic carbocycles. The predicted molar refractivity (Wildman–Crippen MR) is 84.5 cm³/mol. The number of carbonyl (C=O) groups excluding carboxylic acids is 1. The lowest BCUT2D eigenvalue weighted by molar-refractivity contribution is -0.134. The molecule has 2 saturated heterocycles. The van der Waals surface area contributed by atoms with E-state index in [9.17, 15) is 4.79 Å². The molecule has 0 unspecified atom stereocenters. The van der Waals surface area contributed by atoms with Crippen LogP contribution in [-0.2, 0) is 16.1 Å². The van der Waals surface area contributed by atoms with Crippen molar-refractivity contribution >= 4 is 11.9 Å². The standard InChI is InChI=1S/C15H20N2O.C2H4O2/c1-10-3-11(2)5-12(4-10)7-17-8-13-6-15(18)16-14(13)9-17;1-2(3)4/h3-5,13-14H,6-9H2,1-2H3,(H,16,18);1H3,(H,3,4)/t13-,14+;/m0./s1. The third-order valence-corrected chi connectivity index (χ3v) is 4.00. The zero-order valence-electron chi connectivity index (χ0n) is 13.4. The summed E-state index contributed by atoms with van der Waals surface area (Å²) in [5.41, 5.74) is 4.05. The Bertz CT molecular complexity index is 531. The minimum absolute atomic E-state index is 0.232. The van der Waals surface area contributed by atoms with Gasteiger partial charge in [-0.25, -0.2) is 0 Å². The molecule has 5 nitrogen and oxygen atoms in total. The molecule has 0 bridgehead atoms. The van der Waals surface area contributed by atoms with Crippen LogP contribution < -0.4 is 5.32 Å². The first-order chi connectivity index (χ1) is 10.3. The summed E-state index contributed by atoms with van der Waals surface area (Å²) in [6.07, 6.45) is 0.716. The van der Waals surface area contributed by atoms with Crippen molar-refractivity contribution in [1.82, 2.24) is 10.2 Å². The van der Waals surface area contributed by atoms with Crippen LogP contribution >= 0.6 is 0 Å². The number of aliphatic carboxylic acids is 1. The first kappa shape index (κ1) is 16.5. The highest BCUT2D eigenvalue weighted by Crippen LogP contribution is 2.26. The smallest absolute Gasteiger partial charge is 0.300 e. The Hall–Kier alpha value is -1.88. The molecule has 1 aromatic rings. The zero-order chi connectivity index (χ0) is 16.3. The van der Waals surface area contributed by atoms with Crippen molar-refractivity contribution in [2.45, 2.75) is 39.8 Å². The van der Waals surface area contributed by atoms with Crippen LogP contribution in [-0.4, -0.2) is 41.0 Å². The Morgan fingerprint density at radius 1 is 1.27 bits per heavy atom. The zero-order valence-corrected chi connectivity index (χ0v) is 13.4. The van der Waals surface area contributed by atoms with Crippen molar-refractivity contribution in [2.75, 3.05) is 13.1 Å². The fourth-order valence-electron chi connectivity index (χ4n) is 3.38. The number of carboxylic acids is 1. The van der Waals surface area contributed by atoms with Crippen LogP contribution in [0.4, 0.5) is 0 Å². The van der Waals surface area contributed by atoms with Crippen LogP contribution in [0.25, 0.3) is 0 Å². The first-order valence-corrected chi connectivity index (χ1v) is 7.62. The lowest BCUT2D eigenvalue weighted by atomic mass is 10.1. The molecule has 0 radical (unpaired) electrons. The number of hydrogen-bond acceptors (Lipinski definition) is 3. The Kier molecular flexibility index (Phi) is 5.19. The number of likely N-dealkylation sites (tertiary alicyclic amines) is 1. The molecule has 2 aliphatic heterocycles. The monoisotopic (exact) mass is 304 g/mol. The van der Waals surface area contributed by atoms with Gasteiger partial charge < -0.3 is 10.4 Å². The number of aryl methyl sites for hydroxylation is 2. The van der Waals surface area contributed by atoms with Crippen molar-refractivity contribution in [3.63, 3.8) is 0 Å². The van der Waals surface area contributed by atoms with E-state index in [1.807, 2.05) is 0 Å². The topological polar surface area (TPSA) is 69.6 Å². The van der Waals surface area contributed by atoms with Crippen molar-refractivity contribution in [3.05, 3.63) is 34.9 Å². The second kappa shape index (κ2) is 6.92. The fourth-order valence-corrected chi connectivity index (χ4v) is 3.38. The van der Waals surface area contributed by atoms with Gasteiger partial charge in [0.25, 0.3) is 5.97 Å². The second-order valence-corrected chi connectivity index (χ2v) is 6.35. The molecule has 120 valence electrons. The van der Waals surface area contributed by atoms with Gasteiger partial charge in [0, 0.05) is 44.9 Å². The second-order valence-electron chi connectivity index (χ2n) is 6.35. The Morgan fingerprint density at radius 2 is 1.86 bits per heavy atom. The average Bonchev–Trinajstić information content (AvgIpc) is 2.82. The summed E-state index contributed by atoms with van der Waals surface area (Å²) in [4.78, 5) is 22.7. The van der Waals surface area contributed by atoms with Crippen molar-refractivity contribution in [2.24, 2.45) is 5.92 Å². The van der Waals surface area contributed by atoms with Crippen LogP contribution in [0, 0.1) is 19.8 Å². The van der Waals surface area contributed by atoms with Crippen molar-refractivity contribution in [3.8, 4) is 0 Å². The molecule has 0 saturated carbocycles. The maximum Gasteiger partial charge on any atom is 0.300 e. The molecule has 5 heteroatoms. The summed E-state index contributed by atoms with van der Waals surface area (Å²) in [5.74, 6) is -0.0699. The van der Waals surface area contributed by atoms with Crippen molar-refractivity contribution in [1.29, 1.82) is 0 Å². The summed E-state index contributed by atoms with van der Waals surface area (Å²) in [6.45, 7) is 8.44. The summed E-state index contributed by atoms with van der Waals surface area (Å²) in [7, 11) is 0. The SMILES string of the molecule is CC(=O)O.Cc1cc(C)cc(CN2C[C@@H]3CC(=O)N[C@@H]3C2)c1. The molecule has 2 N–H and O–H groups in total. The minimum Gasteiger partial charge on any atom is -0.481 e. The summed E-state index contributed by atoms with van der Waals surface area (Å²) in [5, 5.41) is 10.5.